The minimum Gasteiger partial charge on any atom is -0.477 e. The van der Waals surface area contributed by atoms with E-state index in [0.29, 0.717) is 0 Å². The van der Waals surface area contributed by atoms with Gasteiger partial charge in [-0.1, -0.05) is 0 Å². The van der Waals surface area contributed by atoms with Crippen molar-refractivity contribution in [3.63, 3.8) is 0 Å². The largest absolute Gasteiger partial charge is 0.477 e. The zero-order valence-electron chi connectivity index (χ0n) is 5.32. The Morgan fingerprint density at radius 1 is 1.70 bits per heavy atom. The summed E-state index contributed by atoms with van der Waals surface area (Å²) in [5.74, 6) is -0.932. The number of rotatable bonds is 1. The van der Waals surface area contributed by atoms with Gasteiger partial charge in [-0.2, -0.15) is 4.57 Å². The third-order valence-electron chi connectivity index (χ3n) is 1.11. The number of pyridine rings is 1. The van der Waals surface area contributed by atoms with Crippen molar-refractivity contribution in [2.45, 2.75) is 0 Å². The Kier molecular flexibility index (Phi) is 1.67. The quantitative estimate of drug-likeness (QED) is 0.566. The van der Waals surface area contributed by atoms with Gasteiger partial charge in [0, 0.05) is 6.07 Å². The first kappa shape index (κ1) is 6.74. The van der Waals surface area contributed by atoms with Crippen LogP contribution in [0.4, 0.5) is 0 Å². The Hall–Kier alpha value is -1.38. The van der Waals surface area contributed by atoms with E-state index in [2.05, 4.69) is 7.05 Å². The predicted molar refractivity (Wildman–Crippen MR) is 34.4 cm³/mol. The summed E-state index contributed by atoms with van der Waals surface area (Å²) in [7, 11) is 3.52. The van der Waals surface area contributed by atoms with Gasteiger partial charge in [0.1, 0.15) is 5.56 Å². The lowest BCUT2D eigenvalue weighted by molar-refractivity contribution is -0.612. The van der Waals surface area contributed by atoms with Crippen molar-refractivity contribution in [1.82, 2.24) is 0 Å². The maximum absolute atomic E-state index is 10.3. The van der Waals surface area contributed by atoms with Crippen LogP contribution in [0.1, 0.15) is 10.4 Å². The average molecular weight is 137 g/mol. The first-order valence-electron chi connectivity index (χ1n) is 2.75. The first-order valence-corrected chi connectivity index (χ1v) is 2.75. The molecule has 0 unspecified atom stereocenters. The molecule has 1 rings (SSSR count). The molecular formula is C7H7NO2+. The van der Waals surface area contributed by atoms with E-state index < -0.39 is 5.97 Å². The maximum Gasteiger partial charge on any atom is 0.341 e. The predicted octanol–water partition coefficient (Wildman–Crippen LogP) is 0.312. The smallest absolute Gasteiger partial charge is 0.341 e. The van der Waals surface area contributed by atoms with E-state index in [1.807, 2.05) is 0 Å². The van der Waals surface area contributed by atoms with Gasteiger partial charge in [0.2, 0.25) is 7.05 Å². The zero-order valence-corrected chi connectivity index (χ0v) is 5.32. The lowest BCUT2D eigenvalue weighted by Gasteiger charge is -1.88. The minimum absolute atomic E-state index is 0.248. The molecule has 0 saturated heterocycles. The molecule has 1 N–H and O–H groups in total. The number of hydrogen-bond acceptors (Lipinski definition) is 1. The van der Waals surface area contributed by atoms with Gasteiger partial charge in [-0.3, -0.25) is 0 Å². The van der Waals surface area contributed by atoms with E-state index in [1.165, 1.54) is 16.8 Å². The molecule has 51 valence electrons. The van der Waals surface area contributed by atoms with Crippen LogP contribution in [0.15, 0.2) is 24.5 Å². The van der Waals surface area contributed by atoms with Crippen molar-refractivity contribution in [3.8, 4) is 0 Å². The second-order valence-electron chi connectivity index (χ2n) is 1.91. The molecule has 1 aromatic heterocycles. The minimum atomic E-state index is -0.932. The van der Waals surface area contributed by atoms with Crippen molar-refractivity contribution in [2.75, 3.05) is 0 Å². The van der Waals surface area contributed by atoms with Crippen molar-refractivity contribution >= 4 is 5.97 Å². The van der Waals surface area contributed by atoms with Gasteiger partial charge < -0.3 is 5.11 Å². The van der Waals surface area contributed by atoms with Crippen LogP contribution in [0.5, 0.6) is 0 Å². The Balaban J connectivity index is 3.07. The molecule has 0 aliphatic rings. The SMILES string of the molecule is [CH2][n+]1cccc(C(=O)O)c1. The topological polar surface area (TPSA) is 41.2 Å². The molecule has 0 bridgehead atoms. The summed E-state index contributed by atoms with van der Waals surface area (Å²) in [6, 6.07) is 3.15. The maximum atomic E-state index is 10.3. The molecule has 1 aromatic rings. The van der Waals surface area contributed by atoms with Gasteiger partial charge in [0.15, 0.2) is 12.4 Å². The number of aromatic carboxylic acids is 1. The molecule has 0 aliphatic heterocycles. The van der Waals surface area contributed by atoms with Gasteiger partial charge >= 0.3 is 5.97 Å². The van der Waals surface area contributed by atoms with Crippen LogP contribution in [0.25, 0.3) is 0 Å². The van der Waals surface area contributed by atoms with Crippen LogP contribution in [-0.4, -0.2) is 11.1 Å². The molecule has 0 aliphatic carbocycles. The summed E-state index contributed by atoms with van der Waals surface area (Å²) < 4.78 is 1.45. The van der Waals surface area contributed by atoms with Gasteiger partial charge in [0.25, 0.3) is 0 Å². The van der Waals surface area contributed by atoms with Crippen molar-refractivity contribution in [2.24, 2.45) is 0 Å². The molecule has 0 saturated carbocycles. The van der Waals surface area contributed by atoms with Crippen LogP contribution in [0.2, 0.25) is 0 Å². The molecule has 3 nitrogen and oxygen atoms in total. The summed E-state index contributed by atoms with van der Waals surface area (Å²) in [5, 5.41) is 8.47. The second kappa shape index (κ2) is 2.47. The fourth-order valence-corrected chi connectivity index (χ4v) is 0.648. The summed E-state index contributed by atoms with van der Waals surface area (Å²) in [6.45, 7) is 0. The van der Waals surface area contributed by atoms with Crippen molar-refractivity contribution < 1.29 is 14.5 Å². The molecule has 1 heterocycles. The molecule has 0 amide bonds. The fraction of sp³-hybridized carbons (Fsp3) is 0. The van der Waals surface area contributed by atoms with Gasteiger partial charge in [-0.15, -0.1) is 0 Å². The highest BCUT2D eigenvalue weighted by atomic mass is 16.4. The molecule has 0 spiro atoms. The van der Waals surface area contributed by atoms with E-state index in [-0.39, 0.29) is 5.56 Å². The van der Waals surface area contributed by atoms with E-state index in [1.54, 1.807) is 12.3 Å². The van der Waals surface area contributed by atoms with Crippen molar-refractivity contribution in [3.05, 3.63) is 37.1 Å². The van der Waals surface area contributed by atoms with E-state index in [9.17, 15) is 4.79 Å². The number of nitrogens with zero attached hydrogens (tertiary/aromatic N) is 1. The zero-order chi connectivity index (χ0) is 7.56. The summed E-state index contributed by atoms with van der Waals surface area (Å²) in [5.41, 5.74) is 0.248. The molecule has 10 heavy (non-hydrogen) atoms. The van der Waals surface area contributed by atoms with Crippen LogP contribution < -0.4 is 4.57 Å². The van der Waals surface area contributed by atoms with Gasteiger partial charge in [-0.05, 0) is 6.07 Å². The Morgan fingerprint density at radius 3 is 2.80 bits per heavy atom. The monoisotopic (exact) mass is 137 g/mol. The van der Waals surface area contributed by atoms with Gasteiger partial charge in [-0.25, -0.2) is 4.79 Å². The third kappa shape index (κ3) is 1.31. The van der Waals surface area contributed by atoms with E-state index in [4.69, 9.17) is 5.11 Å². The Morgan fingerprint density at radius 2 is 2.40 bits per heavy atom. The summed E-state index contributed by atoms with van der Waals surface area (Å²) >= 11 is 0. The summed E-state index contributed by atoms with van der Waals surface area (Å²) in [6.07, 6.45) is 3.12. The van der Waals surface area contributed by atoms with Crippen molar-refractivity contribution in [1.29, 1.82) is 0 Å². The number of carboxylic acids is 1. The van der Waals surface area contributed by atoms with Crippen LogP contribution in [-0.2, 0) is 0 Å². The lowest BCUT2D eigenvalue weighted by Crippen LogP contribution is -2.25. The number of carboxylic acid groups (broad SMARTS) is 1. The van der Waals surface area contributed by atoms with Gasteiger partial charge in [0.05, 0.1) is 0 Å². The van der Waals surface area contributed by atoms with Crippen LogP contribution >= 0.6 is 0 Å². The highest BCUT2D eigenvalue weighted by Crippen LogP contribution is 1.91. The standard InChI is InChI=1S/C7H7NO2/c1-8-4-2-3-6(5-8)7(9)10/h2-5H,1H2,(H,9,10)/q+1. The van der Waals surface area contributed by atoms with Crippen LogP contribution in [0, 0.1) is 7.05 Å². The lowest BCUT2D eigenvalue weighted by atomic mass is 10.3. The molecule has 0 aromatic carbocycles. The molecular weight excluding hydrogens is 130 g/mol. The number of carbonyl (C=O) groups is 1. The fourth-order valence-electron chi connectivity index (χ4n) is 0.648. The molecule has 3 heteroatoms. The molecule has 1 radical (unpaired) electrons. The Labute approximate surface area is 58.5 Å². The highest BCUT2D eigenvalue weighted by Gasteiger charge is 2.04. The molecule has 0 fully saturated rings. The molecule has 0 atom stereocenters. The normalized spacial score (nSPS) is 9.30. The number of hydrogen-bond donors (Lipinski definition) is 1. The average Bonchev–Trinajstić information content (AvgIpc) is 1.88. The van der Waals surface area contributed by atoms with E-state index in [0.717, 1.165) is 0 Å². The number of aromatic nitrogens is 1. The summed E-state index contributed by atoms with van der Waals surface area (Å²) in [4.78, 5) is 10.3. The Bertz CT molecular complexity index is 258. The second-order valence-corrected chi connectivity index (χ2v) is 1.91. The third-order valence-corrected chi connectivity index (χ3v) is 1.11. The van der Waals surface area contributed by atoms with Crippen LogP contribution in [0.3, 0.4) is 0 Å². The van der Waals surface area contributed by atoms with E-state index >= 15 is 0 Å². The first-order chi connectivity index (χ1) is 4.70. The highest BCUT2D eigenvalue weighted by molar-refractivity contribution is 5.86.